The highest BCUT2D eigenvalue weighted by Crippen LogP contribution is 2.16. The second-order valence-electron chi connectivity index (χ2n) is 2.87. The van der Waals surface area contributed by atoms with Crippen LogP contribution in [0, 0.1) is 3.57 Å². The monoisotopic (exact) mass is 309 g/mol. The first-order valence-electron chi connectivity index (χ1n) is 4.43. The number of azo groups is 1. The van der Waals surface area contributed by atoms with E-state index in [4.69, 9.17) is 0 Å². The Morgan fingerprint density at radius 2 is 1.80 bits per heavy atom. The zero-order valence-electron chi connectivity index (χ0n) is 7.84. The lowest BCUT2D eigenvalue weighted by Crippen LogP contribution is -1.73. The summed E-state index contributed by atoms with van der Waals surface area (Å²) in [6, 6.07) is 13.4. The van der Waals surface area contributed by atoms with E-state index in [1.165, 1.54) is 0 Å². The number of pyridine rings is 1. The largest absolute Gasteiger partial charge is 0.236 e. The third-order valence-electron chi connectivity index (χ3n) is 1.73. The van der Waals surface area contributed by atoms with Gasteiger partial charge in [-0.15, -0.1) is 10.2 Å². The van der Waals surface area contributed by atoms with Crippen molar-refractivity contribution in [2.75, 3.05) is 0 Å². The predicted molar refractivity (Wildman–Crippen MR) is 67.6 cm³/mol. The van der Waals surface area contributed by atoms with Gasteiger partial charge in [-0.05, 0) is 46.9 Å². The first-order valence-corrected chi connectivity index (χ1v) is 5.51. The molecule has 0 radical (unpaired) electrons. The quantitative estimate of drug-likeness (QED) is 0.608. The molecular weight excluding hydrogens is 301 g/mol. The standard InChI is InChI=1S/C11H8IN3/c12-9-6-7-13-11(8-9)15-14-10-4-2-1-3-5-10/h1-8H/b15-14+. The maximum atomic E-state index is 4.09. The highest BCUT2D eigenvalue weighted by molar-refractivity contribution is 14.1. The molecule has 1 heterocycles. The molecule has 2 rings (SSSR count). The van der Waals surface area contributed by atoms with Crippen LogP contribution in [0.4, 0.5) is 11.5 Å². The molecule has 0 aliphatic carbocycles. The van der Waals surface area contributed by atoms with Crippen LogP contribution >= 0.6 is 22.6 Å². The summed E-state index contributed by atoms with van der Waals surface area (Å²) in [5, 5.41) is 8.12. The average Bonchev–Trinajstić information content (AvgIpc) is 2.28. The van der Waals surface area contributed by atoms with Crippen molar-refractivity contribution >= 4 is 34.1 Å². The molecule has 3 nitrogen and oxygen atoms in total. The van der Waals surface area contributed by atoms with Gasteiger partial charge in [-0.1, -0.05) is 18.2 Å². The van der Waals surface area contributed by atoms with Gasteiger partial charge in [0.2, 0.25) is 0 Å². The summed E-state index contributed by atoms with van der Waals surface area (Å²) in [5.74, 6) is 0.630. The van der Waals surface area contributed by atoms with Gasteiger partial charge in [0, 0.05) is 9.77 Å². The highest BCUT2D eigenvalue weighted by Gasteiger charge is 1.92. The average molecular weight is 309 g/mol. The van der Waals surface area contributed by atoms with Gasteiger partial charge < -0.3 is 0 Å². The first kappa shape index (κ1) is 10.2. The van der Waals surface area contributed by atoms with E-state index < -0.39 is 0 Å². The molecule has 0 saturated heterocycles. The zero-order chi connectivity index (χ0) is 10.5. The number of nitrogens with zero attached hydrogens (tertiary/aromatic N) is 3. The van der Waals surface area contributed by atoms with E-state index >= 15 is 0 Å². The van der Waals surface area contributed by atoms with E-state index in [0.29, 0.717) is 5.82 Å². The van der Waals surface area contributed by atoms with Gasteiger partial charge in [0.05, 0.1) is 5.69 Å². The molecule has 0 amide bonds. The van der Waals surface area contributed by atoms with E-state index in [0.717, 1.165) is 9.26 Å². The summed E-state index contributed by atoms with van der Waals surface area (Å²) in [6.07, 6.45) is 1.72. The van der Waals surface area contributed by atoms with Crippen LogP contribution in [0.2, 0.25) is 0 Å². The van der Waals surface area contributed by atoms with Crippen LogP contribution in [0.3, 0.4) is 0 Å². The van der Waals surface area contributed by atoms with Gasteiger partial charge in [0.1, 0.15) is 0 Å². The van der Waals surface area contributed by atoms with E-state index in [9.17, 15) is 0 Å². The molecule has 0 bridgehead atoms. The van der Waals surface area contributed by atoms with E-state index in [1.54, 1.807) is 6.20 Å². The molecule has 74 valence electrons. The lowest BCUT2D eigenvalue weighted by molar-refractivity contribution is 1.15. The number of benzene rings is 1. The van der Waals surface area contributed by atoms with E-state index in [1.807, 2.05) is 42.5 Å². The Balaban J connectivity index is 2.19. The van der Waals surface area contributed by atoms with Crippen molar-refractivity contribution in [3.05, 3.63) is 52.2 Å². The van der Waals surface area contributed by atoms with Gasteiger partial charge >= 0.3 is 0 Å². The van der Waals surface area contributed by atoms with E-state index in [2.05, 4.69) is 37.8 Å². The number of rotatable bonds is 2. The molecule has 1 aromatic heterocycles. The van der Waals surface area contributed by atoms with Crippen LogP contribution in [0.1, 0.15) is 0 Å². The molecular formula is C11H8IN3. The molecule has 0 spiro atoms. The van der Waals surface area contributed by atoms with Crippen LogP contribution in [0.15, 0.2) is 58.9 Å². The molecule has 0 aliphatic heterocycles. The molecule has 0 aliphatic rings. The summed E-state index contributed by atoms with van der Waals surface area (Å²) in [4.78, 5) is 4.09. The fraction of sp³-hybridized carbons (Fsp3) is 0. The maximum absolute atomic E-state index is 4.09. The van der Waals surface area contributed by atoms with Gasteiger partial charge in [-0.3, -0.25) is 0 Å². The topological polar surface area (TPSA) is 37.6 Å². The third-order valence-corrected chi connectivity index (χ3v) is 2.40. The van der Waals surface area contributed by atoms with Gasteiger partial charge in [-0.25, -0.2) is 4.98 Å². The Bertz CT molecular complexity index is 468. The maximum Gasteiger partial charge on any atom is 0.175 e. The van der Waals surface area contributed by atoms with Crippen molar-refractivity contribution in [2.45, 2.75) is 0 Å². The normalized spacial score (nSPS) is 10.7. The molecule has 0 N–H and O–H groups in total. The Morgan fingerprint density at radius 1 is 1.00 bits per heavy atom. The van der Waals surface area contributed by atoms with Gasteiger partial charge in [0.15, 0.2) is 5.82 Å². The number of halogens is 1. The van der Waals surface area contributed by atoms with Crippen molar-refractivity contribution in [3.8, 4) is 0 Å². The van der Waals surface area contributed by atoms with E-state index in [-0.39, 0.29) is 0 Å². The van der Waals surface area contributed by atoms with Gasteiger partial charge in [0.25, 0.3) is 0 Å². The number of aromatic nitrogens is 1. The summed E-state index contributed by atoms with van der Waals surface area (Å²) in [6.45, 7) is 0. The molecule has 0 unspecified atom stereocenters. The Hall–Kier alpha value is -1.30. The fourth-order valence-electron chi connectivity index (χ4n) is 1.05. The lowest BCUT2D eigenvalue weighted by atomic mass is 10.3. The van der Waals surface area contributed by atoms with Crippen molar-refractivity contribution in [1.29, 1.82) is 0 Å². The van der Waals surface area contributed by atoms with Gasteiger partial charge in [-0.2, -0.15) is 0 Å². The molecule has 4 heteroatoms. The second kappa shape index (κ2) is 4.97. The Kier molecular flexibility index (Phi) is 3.39. The molecule has 2 aromatic rings. The Labute approximate surface area is 101 Å². The van der Waals surface area contributed by atoms with Crippen LogP contribution in [-0.4, -0.2) is 4.98 Å². The lowest BCUT2D eigenvalue weighted by Gasteiger charge is -1.92. The molecule has 15 heavy (non-hydrogen) atoms. The van der Waals surface area contributed by atoms with Crippen molar-refractivity contribution in [3.63, 3.8) is 0 Å². The minimum atomic E-state index is 0.630. The zero-order valence-corrected chi connectivity index (χ0v) is 10.00. The predicted octanol–water partition coefficient (Wildman–Crippen LogP) is 4.10. The first-order chi connectivity index (χ1) is 7.34. The molecule has 0 saturated carbocycles. The van der Waals surface area contributed by atoms with Crippen LogP contribution in [0.5, 0.6) is 0 Å². The summed E-state index contributed by atoms with van der Waals surface area (Å²) >= 11 is 2.22. The summed E-state index contributed by atoms with van der Waals surface area (Å²) in [7, 11) is 0. The number of hydrogen-bond donors (Lipinski definition) is 0. The minimum absolute atomic E-state index is 0.630. The molecule has 0 fully saturated rings. The van der Waals surface area contributed by atoms with Crippen molar-refractivity contribution in [2.24, 2.45) is 10.2 Å². The highest BCUT2D eigenvalue weighted by atomic mass is 127. The second-order valence-corrected chi connectivity index (χ2v) is 4.11. The van der Waals surface area contributed by atoms with Crippen LogP contribution < -0.4 is 0 Å². The molecule has 1 aromatic carbocycles. The van der Waals surface area contributed by atoms with Crippen molar-refractivity contribution < 1.29 is 0 Å². The summed E-state index contributed by atoms with van der Waals surface area (Å²) in [5.41, 5.74) is 0.832. The molecule has 0 atom stereocenters. The van der Waals surface area contributed by atoms with Crippen LogP contribution in [-0.2, 0) is 0 Å². The van der Waals surface area contributed by atoms with Crippen LogP contribution in [0.25, 0.3) is 0 Å². The third kappa shape index (κ3) is 3.09. The SMILES string of the molecule is Ic1ccnc(/N=N/c2ccccc2)c1. The minimum Gasteiger partial charge on any atom is -0.236 e. The summed E-state index contributed by atoms with van der Waals surface area (Å²) < 4.78 is 1.10. The number of hydrogen-bond acceptors (Lipinski definition) is 3. The smallest absolute Gasteiger partial charge is 0.175 e. The van der Waals surface area contributed by atoms with Crippen molar-refractivity contribution in [1.82, 2.24) is 4.98 Å². The fourth-order valence-corrected chi connectivity index (χ4v) is 1.49. The Morgan fingerprint density at radius 3 is 2.53 bits per heavy atom.